The molecular weight excluding hydrogens is 289 g/mol. The molecule has 2 rings (SSSR count). The van der Waals surface area contributed by atoms with E-state index < -0.39 is 0 Å². The highest BCUT2D eigenvalue weighted by Gasteiger charge is 2.06. The summed E-state index contributed by atoms with van der Waals surface area (Å²) in [4.78, 5) is 1.39. The summed E-state index contributed by atoms with van der Waals surface area (Å²) >= 11 is 3.15. The molecule has 2 aromatic rings. The molecule has 0 fully saturated rings. The number of aryl methyl sites for hydroxylation is 2. The minimum absolute atomic E-state index is 0.273. The molecule has 5 nitrogen and oxygen atoms in total. The topological polar surface area (TPSA) is 55.6 Å². The van der Waals surface area contributed by atoms with E-state index in [-0.39, 0.29) is 5.82 Å². The molecule has 0 aliphatic rings. The van der Waals surface area contributed by atoms with Gasteiger partial charge in [-0.3, -0.25) is 0 Å². The van der Waals surface area contributed by atoms with Gasteiger partial charge in [0.05, 0.1) is 18.1 Å². The van der Waals surface area contributed by atoms with Crippen molar-refractivity contribution in [1.29, 1.82) is 0 Å². The van der Waals surface area contributed by atoms with Gasteiger partial charge < -0.3 is 5.32 Å². The second-order valence-electron chi connectivity index (χ2n) is 3.63. The number of benzene rings is 1. The lowest BCUT2D eigenvalue weighted by molar-refractivity contribution is 0.620. The quantitative estimate of drug-likeness (QED) is 0.942. The molecule has 0 bridgehead atoms. The molecule has 17 heavy (non-hydrogen) atoms. The Hall–Kier alpha value is -1.50. The van der Waals surface area contributed by atoms with Crippen LogP contribution in [0.4, 0.5) is 10.1 Å². The van der Waals surface area contributed by atoms with Crippen LogP contribution in [-0.2, 0) is 13.6 Å². The van der Waals surface area contributed by atoms with Crippen molar-refractivity contribution in [3.05, 3.63) is 33.8 Å². The van der Waals surface area contributed by atoms with Gasteiger partial charge in [-0.05, 0) is 45.8 Å². The Morgan fingerprint density at radius 1 is 1.47 bits per heavy atom. The second-order valence-corrected chi connectivity index (χ2v) is 4.48. The summed E-state index contributed by atoms with van der Waals surface area (Å²) in [6.07, 6.45) is 0. The van der Waals surface area contributed by atoms with Crippen molar-refractivity contribution in [2.75, 3.05) is 5.32 Å². The number of nitrogens with one attached hydrogen (secondary N) is 1. The first-order valence-corrected chi connectivity index (χ1v) is 5.78. The first kappa shape index (κ1) is 12.0. The summed E-state index contributed by atoms with van der Waals surface area (Å²) in [6, 6.07) is 3.16. The van der Waals surface area contributed by atoms with Gasteiger partial charge >= 0.3 is 0 Å². The molecule has 90 valence electrons. The number of tetrazole rings is 1. The molecule has 0 unspecified atom stereocenters. The van der Waals surface area contributed by atoms with Crippen LogP contribution in [0.15, 0.2) is 16.6 Å². The van der Waals surface area contributed by atoms with Crippen LogP contribution in [0.5, 0.6) is 0 Å². The monoisotopic (exact) mass is 299 g/mol. The van der Waals surface area contributed by atoms with Crippen molar-refractivity contribution in [3.63, 3.8) is 0 Å². The summed E-state index contributed by atoms with van der Waals surface area (Å²) in [5.74, 6) is 0.318. The average Bonchev–Trinajstić information content (AvgIpc) is 2.68. The van der Waals surface area contributed by atoms with Crippen molar-refractivity contribution in [1.82, 2.24) is 20.2 Å². The fourth-order valence-corrected chi connectivity index (χ4v) is 1.75. The zero-order valence-corrected chi connectivity index (χ0v) is 11.0. The third-order valence-electron chi connectivity index (χ3n) is 2.25. The van der Waals surface area contributed by atoms with E-state index in [1.165, 1.54) is 10.9 Å². The Balaban J connectivity index is 2.11. The Morgan fingerprint density at radius 3 is 2.88 bits per heavy atom. The summed E-state index contributed by atoms with van der Waals surface area (Å²) in [5, 5.41) is 14.8. The van der Waals surface area contributed by atoms with E-state index in [1.54, 1.807) is 13.1 Å². The van der Waals surface area contributed by atoms with Crippen LogP contribution >= 0.6 is 15.9 Å². The van der Waals surface area contributed by atoms with Gasteiger partial charge in [-0.1, -0.05) is 0 Å². The predicted molar refractivity (Wildman–Crippen MR) is 65.0 cm³/mol. The number of nitrogens with zero attached hydrogens (tertiary/aromatic N) is 4. The number of halogens is 2. The molecule has 1 N–H and O–H groups in total. The molecule has 1 aromatic heterocycles. The molecule has 0 saturated carbocycles. The Bertz CT molecular complexity index is 539. The summed E-state index contributed by atoms with van der Waals surface area (Å²) in [6.45, 7) is 2.29. The van der Waals surface area contributed by atoms with Crippen LogP contribution in [0.25, 0.3) is 0 Å². The maximum atomic E-state index is 13.2. The zero-order chi connectivity index (χ0) is 12.4. The first-order chi connectivity index (χ1) is 8.06. The van der Waals surface area contributed by atoms with E-state index in [1.807, 2.05) is 6.92 Å². The molecule has 0 saturated heterocycles. The third kappa shape index (κ3) is 2.79. The van der Waals surface area contributed by atoms with Gasteiger partial charge in [-0.15, -0.1) is 10.2 Å². The van der Waals surface area contributed by atoms with E-state index >= 15 is 0 Å². The SMILES string of the molecule is Cc1cc(F)c(Br)cc1NCc1nnn(C)n1. The van der Waals surface area contributed by atoms with E-state index in [4.69, 9.17) is 0 Å². The molecule has 0 radical (unpaired) electrons. The highest BCUT2D eigenvalue weighted by Crippen LogP contribution is 2.24. The normalized spacial score (nSPS) is 10.6. The maximum absolute atomic E-state index is 13.2. The van der Waals surface area contributed by atoms with Gasteiger partial charge in [0, 0.05) is 5.69 Å². The fraction of sp³-hybridized carbons (Fsp3) is 0.300. The number of rotatable bonds is 3. The first-order valence-electron chi connectivity index (χ1n) is 4.98. The lowest BCUT2D eigenvalue weighted by atomic mass is 10.2. The van der Waals surface area contributed by atoms with Crippen molar-refractivity contribution in [3.8, 4) is 0 Å². The molecule has 7 heteroatoms. The minimum atomic E-state index is -0.273. The van der Waals surface area contributed by atoms with Crippen LogP contribution in [0.2, 0.25) is 0 Å². The molecule has 0 atom stereocenters. The molecule has 0 aliphatic carbocycles. The van der Waals surface area contributed by atoms with Crippen LogP contribution in [-0.4, -0.2) is 20.2 Å². The Kier molecular flexibility index (Phi) is 3.37. The minimum Gasteiger partial charge on any atom is -0.377 e. The van der Waals surface area contributed by atoms with E-state index in [9.17, 15) is 4.39 Å². The van der Waals surface area contributed by atoms with E-state index in [0.29, 0.717) is 16.8 Å². The van der Waals surface area contributed by atoms with Gasteiger partial charge in [0.25, 0.3) is 0 Å². The molecular formula is C10H11BrFN5. The Morgan fingerprint density at radius 2 is 2.24 bits per heavy atom. The largest absolute Gasteiger partial charge is 0.377 e. The van der Waals surface area contributed by atoms with Crippen molar-refractivity contribution in [2.24, 2.45) is 7.05 Å². The second kappa shape index (κ2) is 4.79. The molecule has 1 heterocycles. The van der Waals surface area contributed by atoms with Gasteiger partial charge in [0.15, 0.2) is 5.82 Å². The predicted octanol–water partition coefficient (Wildman–Crippen LogP) is 2.03. The Labute approximate surface area is 106 Å². The van der Waals surface area contributed by atoms with E-state index in [0.717, 1.165) is 11.3 Å². The van der Waals surface area contributed by atoms with Crippen molar-refractivity contribution in [2.45, 2.75) is 13.5 Å². The summed E-state index contributed by atoms with van der Waals surface area (Å²) in [7, 11) is 1.70. The number of anilines is 1. The number of aromatic nitrogens is 4. The molecule has 0 amide bonds. The summed E-state index contributed by atoms with van der Waals surface area (Å²) in [5.41, 5.74) is 1.67. The van der Waals surface area contributed by atoms with Crippen LogP contribution in [0.3, 0.4) is 0 Å². The van der Waals surface area contributed by atoms with Crippen LogP contribution < -0.4 is 5.32 Å². The van der Waals surface area contributed by atoms with Gasteiger partial charge in [-0.2, -0.15) is 4.80 Å². The smallest absolute Gasteiger partial charge is 0.193 e. The van der Waals surface area contributed by atoms with Gasteiger partial charge in [0.1, 0.15) is 5.82 Å². The third-order valence-corrected chi connectivity index (χ3v) is 2.86. The van der Waals surface area contributed by atoms with Gasteiger partial charge in [0.2, 0.25) is 0 Å². The highest BCUT2D eigenvalue weighted by molar-refractivity contribution is 9.10. The van der Waals surface area contributed by atoms with Crippen molar-refractivity contribution < 1.29 is 4.39 Å². The van der Waals surface area contributed by atoms with Crippen LogP contribution in [0, 0.1) is 12.7 Å². The number of hydrogen-bond acceptors (Lipinski definition) is 4. The lowest BCUT2D eigenvalue weighted by Crippen LogP contribution is -2.04. The van der Waals surface area contributed by atoms with Crippen molar-refractivity contribution >= 4 is 21.6 Å². The fourth-order valence-electron chi connectivity index (χ4n) is 1.41. The molecule has 1 aromatic carbocycles. The standard InChI is InChI=1S/C10H11BrFN5/c1-6-3-8(12)7(11)4-9(6)13-5-10-14-16-17(2)15-10/h3-4,13H,5H2,1-2H3. The maximum Gasteiger partial charge on any atom is 0.193 e. The average molecular weight is 300 g/mol. The molecule has 0 aliphatic heterocycles. The van der Waals surface area contributed by atoms with Gasteiger partial charge in [-0.25, -0.2) is 4.39 Å². The zero-order valence-electron chi connectivity index (χ0n) is 9.41. The van der Waals surface area contributed by atoms with Crippen LogP contribution in [0.1, 0.15) is 11.4 Å². The summed E-state index contributed by atoms with van der Waals surface area (Å²) < 4.78 is 13.6. The highest BCUT2D eigenvalue weighted by atomic mass is 79.9. The lowest BCUT2D eigenvalue weighted by Gasteiger charge is -2.08. The number of hydrogen-bond donors (Lipinski definition) is 1. The van der Waals surface area contributed by atoms with E-state index in [2.05, 4.69) is 36.7 Å². The molecule has 0 spiro atoms.